The minimum Gasteiger partial charge on any atom is -0.350 e. The second-order valence-corrected chi connectivity index (χ2v) is 6.65. The average molecular weight is 374 g/mol. The molecule has 0 fully saturated rings. The second kappa shape index (κ2) is 8.64. The summed E-state index contributed by atoms with van der Waals surface area (Å²) >= 11 is 1.65. The number of rotatable bonds is 3. The molecule has 1 aliphatic rings. The number of hydrogen-bond donors (Lipinski definition) is 2. The van der Waals surface area contributed by atoms with Crippen LogP contribution in [0.5, 0.6) is 0 Å². The summed E-state index contributed by atoms with van der Waals surface area (Å²) < 4.78 is 0. The van der Waals surface area contributed by atoms with E-state index in [4.69, 9.17) is 0 Å². The summed E-state index contributed by atoms with van der Waals surface area (Å²) in [5, 5.41) is 7.37. The highest BCUT2D eigenvalue weighted by Gasteiger charge is 2.23. The Hall–Kier alpha value is -1.14. The van der Waals surface area contributed by atoms with Gasteiger partial charge in [-0.1, -0.05) is 24.3 Å². The number of carbonyl (C=O) groups excluding carboxylic acids is 1. The van der Waals surface area contributed by atoms with E-state index in [1.54, 1.807) is 11.3 Å². The fourth-order valence-electron chi connectivity index (χ4n) is 2.67. The molecule has 0 bridgehead atoms. The lowest BCUT2D eigenvalue weighted by molar-refractivity contribution is -0.123. The zero-order valence-electron chi connectivity index (χ0n) is 13.1. The molecule has 1 aromatic carbocycles. The van der Waals surface area contributed by atoms with Crippen molar-refractivity contribution >= 4 is 42.1 Å². The highest BCUT2D eigenvalue weighted by molar-refractivity contribution is 7.11. The van der Waals surface area contributed by atoms with E-state index >= 15 is 0 Å². The molecule has 0 aliphatic carbocycles. The summed E-state index contributed by atoms with van der Waals surface area (Å²) in [6.45, 7) is 5.30. The number of hydrogen-bond acceptors (Lipinski definition) is 4. The Bertz CT molecular complexity index is 675. The van der Waals surface area contributed by atoms with E-state index in [9.17, 15) is 4.79 Å². The topological polar surface area (TPSA) is 54.0 Å². The van der Waals surface area contributed by atoms with Crippen molar-refractivity contribution in [2.45, 2.75) is 39.4 Å². The molecule has 2 aromatic rings. The first-order valence-electron chi connectivity index (χ1n) is 7.14. The number of thiazole rings is 1. The molecule has 1 amide bonds. The van der Waals surface area contributed by atoms with Gasteiger partial charge in [0.25, 0.3) is 0 Å². The highest BCUT2D eigenvalue weighted by atomic mass is 35.5. The maximum atomic E-state index is 12.3. The van der Waals surface area contributed by atoms with Crippen molar-refractivity contribution in [3.05, 3.63) is 51.0 Å². The lowest BCUT2D eigenvalue weighted by atomic mass is 9.95. The molecular weight excluding hydrogens is 353 g/mol. The fourth-order valence-corrected chi connectivity index (χ4v) is 3.54. The number of fused-ring (bicyclic) bond motifs is 1. The summed E-state index contributed by atoms with van der Waals surface area (Å²) in [4.78, 5) is 17.8. The van der Waals surface area contributed by atoms with Gasteiger partial charge in [0.15, 0.2) is 0 Å². The molecule has 2 heterocycles. The van der Waals surface area contributed by atoms with Gasteiger partial charge in [-0.2, -0.15) is 0 Å². The maximum absolute atomic E-state index is 12.3. The molecule has 1 unspecified atom stereocenters. The molecule has 23 heavy (non-hydrogen) atoms. The summed E-state index contributed by atoms with van der Waals surface area (Å²) in [5.41, 5.74) is 3.57. The number of nitrogens with one attached hydrogen (secondary N) is 2. The lowest BCUT2D eigenvalue weighted by Gasteiger charge is -2.25. The van der Waals surface area contributed by atoms with Gasteiger partial charge in [0.2, 0.25) is 5.91 Å². The Morgan fingerprint density at radius 3 is 2.65 bits per heavy atom. The number of nitrogens with zero attached hydrogens (tertiary/aromatic N) is 1. The molecule has 2 N–H and O–H groups in total. The number of aryl methyl sites for hydroxylation is 2. The Morgan fingerprint density at radius 1 is 1.30 bits per heavy atom. The number of aromatic nitrogens is 1. The monoisotopic (exact) mass is 373 g/mol. The predicted octanol–water partition coefficient (Wildman–Crippen LogP) is 2.93. The van der Waals surface area contributed by atoms with Crippen molar-refractivity contribution in [2.75, 3.05) is 0 Å². The van der Waals surface area contributed by atoms with Crippen molar-refractivity contribution in [1.29, 1.82) is 0 Å². The molecule has 0 spiro atoms. The van der Waals surface area contributed by atoms with Gasteiger partial charge in [0.05, 0.1) is 23.3 Å². The van der Waals surface area contributed by atoms with Crippen molar-refractivity contribution < 1.29 is 4.79 Å². The molecule has 126 valence electrons. The number of halogens is 2. The van der Waals surface area contributed by atoms with Gasteiger partial charge in [-0.25, -0.2) is 4.98 Å². The Kier molecular flexibility index (Phi) is 7.48. The van der Waals surface area contributed by atoms with Crippen molar-refractivity contribution in [1.82, 2.24) is 15.6 Å². The summed E-state index contributed by atoms with van der Waals surface area (Å²) in [5.74, 6) is 0.0648. The van der Waals surface area contributed by atoms with Crippen molar-refractivity contribution in [2.24, 2.45) is 0 Å². The Labute approximate surface area is 152 Å². The summed E-state index contributed by atoms with van der Waals surface area (Å²) in [6, 6.07) is 8.14. The molecule has 3 rings (SSSR count). The number of benzene rings is 1. The van der Waals surface area contributed by atoms with Crippen LogP contribution in [0.15, 0.2) is 24.3 Å². The summed E-state index contributed by atoms with van der Waals surface area (Å²) in [6.07, 6.45) is 0.753. The van der Waals surface area contributed by atoms with E-state index in [-0.39, 0.29) is 36.8 Å². The van der Waals surface area contributed by atoms with Gasteiger partial charge in [-0.3, -0.25) is 4.79 Å². The highest BCUT2D eigenvalue weighted by Crippen LogP contribution is 2.18. The zero-order valence-corrected chi connectivity index (χ0v) is 15.5. The minimum atomic E-state index is -0.144. The molecule has 1 atom stereocenters. The third-order valence-electron chi connectivity index (χ3n) is 3.82. The van der Waals surface area contributed by atoms with Gasteiger partial charge in [-0.05, 0) is 31.4 Å². The smallest absolute Gasteiger partial charge is 0.237 e. The first-order valence-corrected chi connectivity index (χ1v) is 7.96. The van der Waals surface area contributed by atoms with Crippen molar-refractivity contribution in [3.63, 3.8) is 0 Å². The molecule has 1 aliphatic heterocycles. The minimum absolute atomic E-state index is 0. The van der Waals surface area contributed by atoms with Crippen LogP contribution in [-0.4, -0.2) is 16.9 Å². The van der Waals surface area contributed by atoms with Gasteiger partial charge in [-0.15, -0.1) is 36.2 Å². The number of carbonyl (C=O) groups is 1. The van der Waals surface area contributed by atoms with Crippen LogP contribution in [0.1, 0.15) is 26.7 Å². The van der Waals surface area contributed by atoms with E-state index in [0.29, 0.717) is 6.54 Å². The van der Waals surface area contributed by atoms with Crippen LogP contribution in [0.4, 0.5) is 0 Å². The third-order valence-corrected chi connectivity index (χ3v) is 4.89. The van der Waals surface area contributed by atoms with E-state index < -0.39 is 0 Å². The standard InChI is InChI=1S/C16H19N3OS.2ClH/c1-10-15(21-11(2)19-10)9-18-16(20)14-7-12-5-3-4-6-13(12)8-17-14;;/h3-6,14,17H,7-9H2,1-2H3,(H,18,20);2*1H. The molecule has 1 aromatic heterocycles. The number of amides is 1. The van der Waals surface area contributed by atoms with Crippen LogP contribution in [-0.2, 0) is 24.3 Å². The summed E-state index contributed by atoms with van der Waals surface area (Å²) in [7, 11) is 0. The van der Waals surface area contributed by atoms with Crippen LogP contribution in [0.3, 0.4) is 0 Å². The Balaban J connectivity index is 0.00000132. The fraction of sp³-hybridized carbons (Fsp3) is 0.375. The zero-order chi connectivity index (χ0) is 14.8. The van der Waals surface area contributed by atoms with Gasteiger partial charge in [0, 0.05) is 11.4 Å². The maximum Gasteiger partial charge on any atom is 0.237 e. The normalized spacial score (nSPS) is 15.8. The molecule has 7 heteroatoms. The SMILES string of the molecule is Cc1nc(C)c(CNC(=O)C2Cc3ccccc3CN2)s1.Cl.Cl. The van der Waals surface area contributed by atoms with Crippen molar-refractivity contribution in [3.8, 4) is 0 Å². The van der Waals surface area contributed by atoms with Crippen LogP contribution >= 0.6 is 36.2 Å². The molecule has 0 radical (unpaired) electrons. The Morgan fingerprint density at radius 2 is 2.00 bits per heavy atom. The van der Waals surface area contributed by atoms with Crippen LogP contribution in [0.2, 0.25) is 0 Å². The second-order valence-electron chi connectivity index (χ2n) is 5.37. The van der Waals surface area contributed by atoms with E-state index in [2.05, 4.69) is 27.8 Å². The molecule has 4 nitrogen and oxygen atoms in total. The van der Waals surface area contributed by atoms with Gasteiger partial charge < -0.3 is 10.6 Å². The molecule has 0 saturated carbocycles. The van der Waals surface area contributed by atoms with Gasteiger partial charge >= 0.3 is 0 Å². The molecule has 0 saturated heterocycles. The van der Waals surface area contributed by atoms with Crippen LogP contribution in [0.25, 0.3) is 0 Å². The van der Waals surface area contributed by atoms with E-state index in [0.717, 1.165) is 28.5 Å². The van der Waals surface area contributed by atoms with E-state index in [1.165, 1.54) is 11.1 Å². The van der Waals surface area contributed by atoms with Gasteiger partial charge in [0.1, 0.15) is 0 Å². The van der Waals surface area contributed by atoms with E-state index in [1.807, 2.05) is 26.0 Å². The molecular formula is C16H21Cl2N3OS. The first kappa shape index (κ1) is 19.9. The first-order chi connectivity index (χ1) is 10.1. The van der Waals surface area contributed by atoms with Crippen LogP contribution < -0.4 is 10.6 Å². The predicted molar refractivity (Wildman–Crippen MR) is 98.7 cm³/mol. The quantitative estimate of drug-likeness (QED) is 0.869. The van der Waals surface area contributed by atoms with Crippen LogP contribution in [0, 0.1) is 13.8 Å². The largest absolute Gasteiger partial charge is 0.350 e. The average Bonchev–Trinajstić information content (AvgIpc) is 2.82. The lowest BCUT2D eigenvalue weighted by Crippen LogP contribution is -2.47. The third kappa shape index (κ3) is 4.67.